The maximum Gasteiger partial charge on any atom is 0.222 e. The summed E-state index contributed by atoms with van der Waals surface area (Å²) >= 11 is 0. The van der Waals surface area contributed by atoms with E-state index in [1.165, 1.54) is 96.3 Å². The summed E-state index contributed by atoms with van der Waals surface area (Å²) in [6.07, 6.45) is 21.8. The van der Waals surface area contributed by atoms with Crippen molar-refractivity contribution >= 4 is 5.91 Å². The normalized spacial score (nSPS) is 19.0. The second kappa shape index (κ2) is 15.0. The molecule has 0 aliphatic carbocycles. The van der Waals surface area contributed by atoms with Gasteiger partial charge in [-0.3, -0.25) is 4.79 Å². The van der Waals surface area contributed by atoms with Crippen molar-refractivity contribution in [3.8, 4) is 0 Å². The first-order valence-electron chi connectivity index (χ1n) is 10.6. The number of hydrogen-bond acceptors (Lipinski definition) is 1. The van der Waals surface area contributed by atoms with Crippen LogP contribution in [-0.2, 0) is 4.79 Å². The standard InChI is InChI=1S/C21H41NO/c1-2-3-4-5-10-13-16-19-22-20-17-14-11-8-6-7-9-12-15-18-21(22)23/h2-20H2,1H3. The number of unbranched alkanes of at least 4 members (excludes halogenated alkanes) is 6. The van der Waals surface area contributed by atoms with Crippen LogP contribution in [0.15, 0.2) is 0 Å². The van der Waals surface area contributed by atoms with E-state index in [1.807, 2.05) is 0 Å². The van der Waals surface area contributed by atoms with Crippen LogP contribution in [-0.4, -0.2) is 23.9 Å². The van der Waals surface area contributed by atoms with E-state index in [4.69, 9.17) is 0 Å². The summed E-state index contributed by atoms with van der Waals surface area (Å²) in [6, 6.07) is 0. The van der Waals surface area contributed by atoms with Gasteiger partial charge in [-0.2, -0.15) is 0 Å². The monoisotopic (exact) mass is 323 g/mol. The third kappa shape index (κ3) is 11.6. The molecule has 1 fully saturated rings. The summed E-state index contributed by atoms with van der Waals surface area (Å²) in [6.45, 7) is 4.28. The van der Waals surface area contributed by atoms with Gasteiger partial charge in [0, 0.05) is 19.5 Å². The molecule has 1 rings (SSSR count). The van der Waals surface area contributed by atoms with Crippen molar-refractivity contribution in [1.29, 1.82) is 0 Å². The number of carbonyl (C=O) groups excluding carboxylic acids is 1. The van der Waals surface area contributed by atoms with Crippen molar-refractivity contribution in [2.45, 2.75) is 116 Å². The number of carbonyl (C=O) groups is 1. The molecule has 0 unspecified atom stereocenters. The minimum absolute atomic E-state index is 0.426. The van der Waals surface area contributed by atoms with E-state index in [1.54, 1.807) is 0 Å². The van der Waals surface area contributed by atoms with E-state index in [0.717, 1.165) is 25.9 Å². The predicted molar refractivity (Wildman–Crippen MR) is 101 cm³/mol. The van der Waals surface area contributed by atoms with Crippen LogP contribution in [0, 0.1) is 0 Å². The van der Waals surface area contributed by atoms with Gasteiger partial charge < -0.3 is 4.90 Å². The lowest BCUT2D eigenvalue weighted by molar-refractivity contribution is -0.131. The lowest BCUT2D eigenvalue weighted by atomic mass is 10.1. The SMILES string of the molecule is CCCCCCCCCN1CCCCCCCCCCCC1=O. The molecule has 0 atom stereocenters. The molecule has 0 aromatic rings. The smallest absolute Gasteiger partial charge is 0.222 e. The summed E-state index contributed by atoms with van der Waals surface area (Å²) in [5, 5.41) is 0. The Bertz CT molecular complexity index is 277. The number of hydrogen-bond donors (Lipinski definition) is 0. The van der Waals surface area contributed by atoms with Crippen LogP contribution in [0.2, 0.25) is 0 Å². The highest BCUT2D eigenvalue weighted by molar-refractivity contribution is 5.76. The minimum Gasteiger partial charge on any atom is -0.343 e. The van der Waals surface area contributed by atoms with Crippen molar-refractivity contribution < 1.29 is 4.79 Å². The zero-order valence-electron chi connectivity index (χ0n) is 15.8. The number of nitrogens with zero attached hydrogens (tertiary/aromatic N) is 1. The largest absolute Gasteiger partial charge is 0.343 e. The van der Waals surface area contributed by atoms with Crippen LogP contribution in [0.4, 0.5) is 0 Å². The molecule has 1 saturated heterocycles. The molecule has 136 valence electrons. The van der Waals surface area contributed by atoms with Gasteiger partial charge in [0.15, 0.2) is 0 Å². The van der Waals surface area contributed by atoms with Gasteiger partial charge >= 0.3 is 0 Å². The van der Waals surface area contributed by atoms with Gasteiger partial charge in [-0.1, -0.05) is 90.4 Å². The van der Waals surface area contributed by atoms with Crippen LogP contribution in [0.5, 0.6) is 0 Å². The maximum atomic E-state index is 12.4. The Hall–Kier alpha value is -0.530. The fraction of sp³-hybridized carbons (Fsp3) is 0.952. The Morgan fingerprint density at radius 1 is 0.696 bits per heavy atom. The third-order valence-corrected chi connectivity index (χ3v) is 5.20. The highest BCUT2D eigenvalue weighted by Crippen LogP contribution is 2.14. The van der Waals surface area contributed by atoms with Crippen LogP contribution >= 0.6 is 0 Å². The first-order chi connectivity index (χ1) is 11.3. The third-order valence-electron chi connectivity index (χ3n) is 5.20. The number of rotatable bonds is 8. The first-order valence-corrected chi connectivity index (χ1v) is 10.6. The molecule has 1 aliphatic rings. The molecule has 0 spiro atoms. The molecule has 0 aromatic carbocycles. The summed E-state index contributed by atoms with van der Waals surface area (Å²) in [7, 11) is 0. The molecule has 23 heavy (non-hydrogen) atoms. The van der Waals surface area contributed by atoms with Crippen molar-refractivity contribution in [1.82, 2.24) is 4.90 Å². The quantitative estimate of drug-likeness (QED) is 0.468. The first kappa shape index (κ1) is 20.5. The summed E-state index contributed by atoms with van der Waals surface area (Å²) in [4.78, 5) is 14.6. The topological polar surface area (TPSA) is 20.3 Å². The van der Waals surface area contributed by atoms with Crippen LogP contribution < -0.4 is 0 Å². The van der Waals surface area contributed by atoms with E-state index in [2.05, 4.69) is 11.8 Å². The van der Waals surface area contributed by atoms with Gasteiger partial charge in [-0.15, -0.1) is 0 Å². The molecule has 2 nitrogen and oxygen atoms in total. The molecule has 2 heteroatoms. The number of amides is 1. The van der Waals surface area contributed by atoms with Crippen molar-refractivity contribution in [2.75, 3.05) is 13.1 Å². The second-order valence-electron chi connectivity index (χ2n) is 7.43. The van der Waals surface area contributed by atoms with Gasteiger partial charge in [-0.05, 0) is 19.3 Å². The zero-order chi connectivity index (χ0) is 16.6. The van der Waals surface area contributed by atoms with Gasteiger partial charge in [0.2, 0.25) is 5.91 Å². The summed E-state index contributed by atoms with van der Waals surface area (Å²) < 4.78 is 0. The molecule has 0 N–H and O–H groups in total. The van der Waals surface area contributed by atoms with E-state index >= 15 is 0 Å². The highest BCUT2D eigenvalue weighted by Gasteiger charge is 2.12. The maximum absolute atomic E-state index is 12.4. The Kier molecular flexibility index (Phi) is 13.4. The molecule has 1 aliphatic heterocycles. The molecule has 0 aromatic heterocycles. The second-order valence-corrected chi connectivity index (χ2v) is 7.43. The van der Waals surface area contributed by atoms with Crippen LogP contribution in [0.3, 0.4) is 0 Å². The molecule has 1 heterocycles. The van der Waals surface area contributed by atoms with Crippen molar-refractivity contribution in [3.05, 3.63) is 0 Å². The molecule has 0 bridgehead atoms. The van der Waals surface area contributed by atoms with E-state index in [0.29, 0.717) is 5.91 Å². The van der Waals surface area contributed by atoms with E-state index in [-0.39, 0.29) is 0 Å². The fourth-order valence-corrected chi connectivity index (χ4v) is 3.60. The molecule has 0 saturated carbocycles. The molecule has 0 radical (unpaired) electrons. The van der Waals surface area contributed by atoms with Crippen molar-refractivity contribution in [2.24, 2.45) is 0 Å². The fourth-order valence-electron chi connectivity index (χ4n) is 3.60. The average molecular weight is 324 g/mol. The van der Waals surface area contributed by atoms with Gasteiger partial charge in [-0.25, -0.2) is 0 Å². The lowest BCUT2D eigenvalue weighted by Crippen LogP contribution is -2.32. The molecular weight excluding hydrogens is 282 g/mol. The van der Waals surface area contributed by atoms with Gasteiger partial charge in [0.05, 0.1) is 0 Å². The minimum atomic E-state index is 0.426. The Balaban J connectivity index is 2.22. The summed E-state index contributed by atoms with van der Waals surface area (Å²) in [5.74, 6) is 0.426. The van der Waals surface area contributed by atoms with Crippen molar-refractivity contribution in [3.63, 3.8) is 0 Å². The van der Waals surface area contributed by atoms with Gasteiger partial charge in [0.25, 0.3) is 0 Å². The Labute approximate surface area is 145 Å². The zero-order valence-corrected chi connectivity index (χ0v) is 15.8. The van der Waals surface area contributed by atoms with E-state index in [9.17, 15) is 4.79 Å². The van der Waals surface area contributed by atoms with Crippen LogP contribution in [0.25, 0.3) is 0 Å². The Morgan fingerprint density at radius 2 is 1.22 bits per heavy atom. The molecular formula is C21H41NO. The predicted octanol–water partition coefficient (Wildman–Crippen LogP) is 6.48. The van der Waals surface area contributed by atoms with E-state index < -0.39 is 0 Å². The molecule has 1 amide bonds. The highest BCUT2D eigenvalue weighted by atomic mass is 16.2. The Morgan fingerprint density at radius 3 is 1.87 bits per heavy atom. The lowest BCUT2D eigenvalue weighted by Gasteiger charge is -2.23. The summed E-state index contributed by atoms with van der Waals surface area (Å²) in [5.41, 5.74) is 0. The van der Waals surface area contributed by atoms with Gasteiger partial charge in [0.1, 0.15) is 0 Å². The van der Waals surface area contributed by atoms with Crippen LogP contribution in [0.1, 0.15) is 116 Å². The average Bonchev–Trinajstić information content (AvgIpc) is 2.57.